The molecule has 0 aliphatic rings. The first-order valence-corrected chi connectivity index (χ1v) is 9.26. The van der Waals surface area contributed by atoms with Crippen molar-refractivity contribution in [2.45, 2.75) is 47.0 Å². The summed E-state index contributed by atoms with van der Waals surface area (Å²) < 4.78 is 5.81. The highest BCUT2D eigenvalue weighted by molar-refractivity contribution is 7.10. The molecular weight excluding hydrogens is 304 g/mol. The highest BCUT2D eigenvalue weighted by Gasteiger charge is 2.19. The lowest BCUT2D eigenvalue weighted by molar-refractivity contribution is 0.340. The number of hydrogen-bond donors (Lipinski definition) is 0. The topological polar surface area (TPSA) is 25.4 Å². The van der Waals surface area contributed by atoms with E-state index in [1.54, 1.807) is 11.3 Å². The molecule has 0 spiro atoms. The van der Waals surface area contributed by atoms with Crippen LogP contribution >= 0.6 is 11.3 Å². The second-order valence-electron chi connectivity index (χ2n) is 6.58. The van der Waals surface area contributed by atoms with Gasteiger partial charge in [-0.15, -0.1) is 11.3 Å². The second-order valence-corrected chi connectivity index (χ2v) is 7.43. The van der Waals surface area contributed by atoms with Crippen LogP contribution in [0.5, 0.6) is 5.75 Å². The summed E-state index contributed by atoms with van der Waals surface area (Å²) in [6, 6.07) is 6.39. The molecule has 2 aromatic rings. The van der Waals surface area contributed by atoms with Gasteiger partial charge in [-0.2, -0.15) is 0 Å². The first kappa shape index (κ1) is 17.8. The number of benzene rings is 1. The lowest BCUT2D eigenvalue weighted by Crippen LogP contribution is -2.22. The van der Waals surface area contributed by atoms with Crippen molar-refractivity contribution in [2.75, 3.05) is 24.6 Å². The SMILES string of the molecule is CCOc1ccc(-c2csc(C(C)(C)C)n2)cc1N(CC)CC. The molecule has 0 saturated heterocycles. The molecule has 1 heterocycles. The van der Waals surface area contributed by atoms with Gasteiger partial charge in [0.15, 0.2) is 0 Å². The van der Waals surface area contributed by atoms with E-state index in [1.165, 1.54) is 5.01 Å². The van der Waals surface area contributed by atoms with Gasteiger partial charge in [-0.05, 0) is 39.0 Å². The van der Waals surface area contributed by atoms with Gasteiger partial charge in [0.2, 0.25) is 0 Å². The van der Waals surface area contributed by atoms with Crippen LogP contribution in [0.1, 0.15) is 46.6 Å². The van der Waals surface area contributed by atoms with E-state index >= 15 is 0 Å². The van der Waals surface area contributed by atoms with Gasteiger partial charge in [-0.3, -0.25) is 0 Å². The molecule has 1 aromatic heterocycles. The van der Waals surface area contributed by atoms with E-state index in [0.29, 0.717) is 6.61 Å². The van der Waals surface area contributed by atoms with Crippen molar-refractivity contribution in [3.63, 3.8) is 0 Å². The van der Waals surface area contributed by atoms with Gasteiger partial charge >= 0.3 is 0 Å². The van der Waals surface area contributed by atoms with E-state index in [1.807, 2.05) is 6.92 Å². The van der Waals surface area contributed by atoms with Crippen LogP contribution in [0.4, 0.5) is 5.69 Å². The van der Waals surface area contributed by atoms with Crippen LogP contribution in [0, 0.1) is 0 Å². The molecular formula is C19H28N2OS. The van der Waals surface area contributed by atoms with E-state index in [9.17, 15) is 0 Å². The average molecular weight is 333 g/mol. The van der Waals surface area contributed by atoms with Crippen molar-refractivity contribution in [1.82, 2.24) is 4.98 Å². The van der Waals surface area contributed by atoms with E-state index in [2.05, 4.69) is 63.1 Å². The minimum atomic E-state index is 0.0931. The Labute approximate surface area is 144 Å². The second kappa shape index (κ2) is 7.35. The van der Waals surface area contributed by atoms with Gasteiger partial charge in [-0.1, -0.05) is 20.8 Å². The molecule has 0 amide bonds. The largest absolute Gasteiger partial charge is 0.492 e. The molecule has 126 valence electrons. The molecule has 1 aromatic carbocycles. The zero-order valence-corrected chi connectivity index (χ0v) is 16.0. The van der Waals surface area contributed by atoms with Crippen molar-refractivity contribution in [2.24, 2.45) is 0 Å². The van der Waals surface area contributed by atoms with Gasteiger partial charge in [0.05, 0.1) is 23.0 Å². The number of aromatic nitrogens is 1. The van der Waals surface area contributed by atoms with E-state index < -0.39 is 0 Å². The molecule has 0 saturated carbocycles. The van der Waals surface area contributed by atoms with Gasteiger partial charge in [0.1, 0.15) is 5.75 Å². The summed E-state index contributed by atoms with van der Waals surface area (Å²) in [5.74, 6) is 0.950. The highest BCUT2D eigenvalue weighted by atomic mass is 32.1. The van der Waals surface area contributed by atoms with Gasteiger partial charge in [-0.25, -0.2) is 4.98 Å². The summed E-state index contributed by atoms with van der Waals surface area (Å²) in [6.45, 7) is 15.6. The molecule has 0 fully saturated rings. The lowest BCUT2D eigenvalue weighted by Gasteiger charge is -2.24. The van der Waals surface area contributed by atoms with Gasteiger partial charge < -0.3 is 9.64 Å². The highest BCUT2D eigenvalue weighted by Crippen LogP contribution is 2.35. The van der Waals surface area contributed by atoms with E-state index in [4.69, 9.17) is 9.72 Å². The number of ether oxygens (including phenoxy) is 1. The van der Waals surface area contributed by atoms with Crippen LogP contribution < -0.4 is 9.64 Å². The summed E-state index contributed by atoms with van der Waals surface area (Å²) >= 11 is 1.74. The molecule has 0 atom stereocenters. The zero-order valence-electron chi connectivity index (χ0n) is 15.1. The monoisotopic (exact) mass is 332 g/mol. The molecule has 23 heavy (non-hydrogen) atoms. The standard InChI is InChI=1S/C19H28N2OS/c1-7-21(8-2)16-12-14(10-11-17(16)22-9-3)15-13-23-18(20-15)19(4,5)6/h10-13H,7-9H2,1-6H3. The van der Waals surface area contributed by atoms with Crippen LogP contribution in [0.2, 0.25) is 0 Å². The Morgan fingerprint density at radius 1 is 1.13 bits per heavy atom. The Bertz CT molecular complexity index is 639. The lowest BCUT2D eigenvalue weighted by atomic mass is 9.98. The molecule has 0 aliphatic carbocycles. The number of anilines is 1. The smallest absolute Gasteiger partial charge is 0.142 e. The predicted octanol–water partition coefficient (Wildman–Crippen LogP) is 5.35. The Kier molecular flexibility index (Phi) is 5.69. The molecule has 0 N–H and O–H groups in total. The van der Waals surface area contributed by atoms with Crippen LogP contribution in [0.3, 0.4) is 0 Å². The summed E-state index contributed by atoms with van der Waals surface area (Å²) in [5.41, 5.74) is 3.45. The number of thiazole rings is 1. The maximum absolute atomic E-state index is 5.81. The quantitative estimate of drug-likeness (QED) is 0.713. The van der Waals surface area contributed by atoms with Crippen LogP contribution in [-0.4, -0.2) is 24.7 Å². The van der Waals surface area contributed by atoms with Gasteiger partial charge in [0.25, 0.3) is 0 Å². The Morgan fingerprint density at radius 3 is 2.35 bits per heavy atom. The average Bonchev–Trinajstić information content (AvgIpc) is 3.00. The number of hydrogen-bond acceptors (Lipinski definition) is 4. The molecule has 0 aliphatic heterocycles. The Hall–Kier alpha value is -1.55. The first-order chi connectivity index (χ1) is 10.9. The molecule has 0 bridgehead atoms. The molecule has 3 nitrogen and oxygen atoms in total. The normalized spacial score (nSPS) is 11.6. The Morgan fingerprint density at radius 2 is 1.83 bits per heavy atom. The van der Waals surface area contributed by atoms with E-state index in [-0.39, 0.29) is 5.41 Å². The maximum Gasteiger partial charge on any atom is 0.142 e. The third-order valence-electron chi connectivity index (χ3n) is 3.80. The van der Waals surface area contributed by atoms with Crippen molar-refractivity contribution >= 4 is 17.0 Å². The van der Waals surface area contributed by atoms with Crippen LogP contribution in [0.25, 0.3) is 11.3 Å². The maximum atomic E-state index is 5.81. The fraction of sp³-hybridized carbons (Fsp3) is 0.526. The molecule has 0 radical (unpaired) electrons. The van der Waals surface area contributed by atoms with Crippen LogP contribution in [-0.2, 0) is 5.41 Å². The fourth-order valence-electron chi connectivity index (χ4n) is 2.52. The Balaban J connectivity index is 2.44. The predicted molar refractivity (Wildman–Crippen MR) is 101 cm³/mol. The minimum absolute atomic E-state index is 0.0931. The molecule has 4 heteroatoms. The third-order valence-corrected chi connectivity index (χ3v) is 5.07. The van der Waals surface area contributed by atoms with Crippen molar-refractivity contribution < 1.29 is 4.74 Å². The van der Waals surface area contributed by atoms with E-state index in [0.717, 1.165) is 35.8 Å². The summed E-state index contributed by atoms with van der Waals surface area (Å²) in [5, 5.41) is 3.33. The summed E-state index contributed by atoms with van der Waals surface area (Å²) in [6.07, 6.45) is 0. The molecule has 2 rings (SSSR count). The van der Waals surface area contributed by atoms with Crippen molar-refractivity contribution in [3.8, 4) is 17.0 Å². The number of rotatable bonds is 6. The fourth-order valence-corrected chi connectivity index (χ4v) is 3.43. The van der Waals surface area contributed by atoms with Gasteiger partial charge in [0, 0.05) is 29.4 Å². The summed E-state index contributed by atoms with van der Waals surface area (Å²) in [4.78, 5) is 7.16. The number of nitrogens with zero attached hydrogens (tertiary/aromatic N) is 2. The minimum Gasteiger partial charge on any atom is -0.492 e. The van der Waals surface area contributed by atoms with Crippen LogP contribution in [0.15, 0.2) is 23.6 Å². The zero-order chi connectivity index (χ0) is 17.0. The van der Waals surface area contributed by atoms with Crippen molar-refractivity contribution in [3.05, 3.63) is 28.6 Å². The van der Waals surface area contributed by atoms with Crippen molar-refractivity contribution in [1.29, 1.82) is 0 Å². The molecule has 0 unspecified atom stereocenters. The first-order valence-electron chi connectivity index (χ1n) is 8.38. The summed E-state index contributed by atoms with van der Waals surface area (Å²) in [7, 11) is 0. The third kappa shape index (κ3) is 4.05.